The fourth-order valence-electron chi connectivity index (χ4n) is 3.42. The van der Waals surface area contributed by atoms with Gasteiger partial charge in [-0.1, -0.05) is 23.4 Å². The number of benzene rings is 2. The number of ether oxygens (including phenoxy) is 1. The van der Waals surface area contributed by atoms with Crippen LogP contribution in [0.3, 0.4) is 0 Å². The predicted octanol–water partition coefficient (Wildman–Crippen LogP) is 3.76. The SMILES string of the molecule is COc1cccc(C2(NC(=O)NCc3noc(-c4cccc(F)c4)n3)CCC2)c1. The van der Waals surface area contributed by atoms with E-state index >= 15 is 0 Å². The van der Waals surface area contributed by atoms with E-state index in [1.807, 2.05) is 24.3 Å². The molecule has 0 unspecified atom stereocenters. The van der Waals surface area contributed by atoms with Crippen molar-refractivity contribution in [2.24, 2.45) is 0 Å². The number of carbonyl (C=O) groups is 1. The van der Waals surface area contributed by atoms with E-state index in [0.29, 0.717) is 11.4 Å². The second kappa shape index (κ2) is 7.90. The highest BCUT2D eigenvalue weighted by Gasteiger charge is 2.40. The monoisotopic (exact) mass is 396 g/mol. The minimum absolute atomic E-state index is 0.0961. The van der Waals surface area contributed by atoms with Crippen molar-refractivity contribution >= 4 is 6.03 Å². The van der Waals surface area contributed by atoms with Crippen LogP contribution in [-0.4, -0.2) is 23.3 Å². The van der Waals surface area contributed by atoms with Gasteiger partial charge < -0.3 is 19.9 Å². The van der Waals surface area contributed by atoms with Gasteiger partial charge in [-0.2, -0.15) is 4.98 Å². The number of carbonyl (C=O) groups excluding carboxylic acids is 1. The summed E-state index contributed by atoms with van der Waals surface area (Å²) in [5, 5.41) is 9.67. The van der Waals surface area contributed by atoms with E-state index < -0.39 is 5.54 Å². The minimum atomic E-state index is -0.400. The molecule has 1 aliphatic rings. The Morgan fingerprint density at radius 2 is 2.07 bits per heavy atom. The van der Waals surface area contributed by atoms with E-state index in [-0.39, 0.29) is 24.3 Å². The summed E-state index contributed by atoms with van der Waals surface area (Å²) < 4.78 is 23.8. The van der Waals surface area contributed by atoms with Gasteiger partial charge in [0.25, 0.3) is 5.89 Å². The Kier molecular flexibility index (Phi) is 5.16. The van der Waals surface area contributed by atoms with Crippen molar-refractivity contribution in [3.8, 4) is 17.2 Å². The zero-order valence-corrected chi connectivity index (χ0v) is 15.9. The van der Waals surface area contributed by atoms with Crippen LogP contribution in [-0.2, 0) is 12.1 Å². The molecule has 8 heteroatoms. The van der Waals surface area contributed by atoms with Crippen LogP contribution < -0.4 is 15.4 Å². The van der Waals surface area contributed by atoms with Crippen LogP contribution in [0.15, 0.2) is 53.1 Å². The summed E-state index contributed by atoms with van der Waals surface area (Å²) in [6.45, 7) is 0.0961. The van der Waals surface area contributed by atoms with Crippen LogP contribution in [0.1, 0.15) is 30.7 Å². The number of halogens is 1. The van der Waals surface area contributed by atoms with Crippen molar-refractivity contribution < 1.29 is 18.4 Å². The van der Waals surface area contributed by atoms with Crippen LogP contribution in [0.25, 0.3) is 11.5 Å². The summed E-state index contributed by atoms with van der Waals surface area (Å²) in [6.07, 6.45) is 2.76. The lowest BCUT2D eigenvalue weighted by atomic mass is 9.72. The third kappa shape index (κ3) is 4.06. The van der Waals surface area contributed by atoms with E-state index in [4.69, 9.17) is 9.26 Å². The van der Waals surface area contributed by atoms with Gasteiger partial charge in [0.1, 0.15) is 11.6 Å². The number of rotatable bonds is 6. The first kappa shape index (κ1) is 18.9. The third-order valence-electron chi connectivity index (χ3n) is 5.13. The van der Waals surface area contributed by atoms with Gasteiger partial charge in [0.05, 0.1) is 19.2 Å². The van der Waals surface area contributed by atoms with Crippen LogP contribution in [0.5, 0.6) is 5.75 Å². The van der Waals surface area contributed by atoms with Gasteiger partial charge in [-0.25, -0.2) is 9.18 Å². The fraction of sp³-hybridized carbons (Fsp3) is 0.286. The number of methoxy groups -OCH3 is 1. The number of nitrogens with one attached hydrogen (secondary N) is 2. The molecular formula is C21H21FN4O3. The molecule has 1 fully saturated rings. The lowest BCUT2D eigenvalue weighted by Crippen LogP contribution is -2.53. The lowest BCUT2D eigenvalue weighted by Gasteiger charge is -2.43. The molecule has 0 saturated heterocycles. The van der Waals surface area contributed by atoms with Gasteiger partial charge in [0, 0.05) is 5.56 Å². The number of amides is 2. The van der Waals surface area contributed by atoms with Crippen LogP contribution in [0.4, 0.5) is 9.18 Å². The van der Waals surface area contributed by atoms with Gasteiger partial charge in [-0.3, -0.25) is 0 Å². The van der Waals surface area contributed by atoms with Crippen molar-refractivity contribution in [3.63, 3.8) is 0 Å². The maximum absolute atomic E-state index is 13.3. The van der Waals surface area contributed by atoms with Gasteiger partial charge in [0.15, 0.2) is 5.82 Å². The molecule has 2 N–H and O–H groups in total. The normalized spacial score (nSPS) is 14.7. The molecule has 0 bridgehead atoms. The van der Waals surface area contributed by atoms with Gasteiger partial charge >= 0.3 is 6.03 Å². The summed E-state index contributed by atoms with van der Waals surface area (Å²) in [5.74, 6) is 0.882. The maximum atomic E-state index is 13.3. The zero-order chi connectivity index (χ0) is 20.3. The second-order valence-corrected chi connectivity index (χ2v) is 7.00. The van der Waals surface area contributed by atoms with Crippen molar-refractivity contribution in [3.05, 3.63) is 65.7 Å². The summed E-state index contributed by atoms with van der Waals surface area (Å²) in [6, 6.07) is 13.3. The maximum Gasteiger partial charge on any atom is 0.315 e. The largest absolute Gasteiger partial charge is 0.497 e. The molecule has 1 heterocycles. The molecule has 2 amide bonds. The first-order valence-corrected chi connectivity index (χ1v) is 9.37. The van der Waals surface area contributed by atoms with E-state index in [1.54, 1.807) is 19.2 Å². The molecule has 1 aliphatic carbocycles. The average molecular weight is 396 g/mol. The third-order valence-corrected chi connectivity index (χ3v) is 5.13. The standard InChI is InChI=1S/C21H21FN4O3/c1-28-17-8-3-6-15(12-17)21(9-4-10-21)25-20(27)23-13-18-24-19(29-26-18)14-5-2-7-16(22)11-14/h2-3,5-8,11-12H,4,9-10,13H2,1H3,(H2,23,25,27). The first-order chi connectivity index (χ1) is 14.1. The molecule has 150 valence electrons. The van der Waals surface area contributed by atoms with Gasteiger partial charge in [-0.05, 0) is 55.2 Å². The second-order valence-electron chi connectivity index (χ2n) is 7.00. The summed E-state index contributed by atoms with van der Waals surface area (Å²) in [5.41, 5.74) is 1.11. The van der Waals surface area contributed by atoms with E-state index in [0.717, 1.165) is 30.6 Å². The molecule has 7 nitrogen and oxygen atoms in total. The highest BCUT2D eigenvalue weighted by atomic mass is 19.1. The quantitative estimate of drug-likeness (QED) is 0.662. The van der Waals surface area contributed by atoms with Crippen molar-refractivity contribution in [2.75, 3.05) is 7.11 Å². The molecule has 0 aliphatic heterocycles. The lowest BCUT2D eigenvalue weighted by molar-refractivity contribution is 0.176. The highest BCUT2D eigenvalue weighted by molar-refractivity contribution is 5.75. The molecule has 2 aromatic carbocycles. The smallest absolute Gasteiger partial charge is 0.315 e. The van der Waals surface area contributed by atoms with Crippen LogP contribution in [0, 0.1) is 5.82 Å². The van der Waals surface area contributed by atoms with E-state index in [1.165, 1.54) is 12.1 Å². The first-order valence-electron chi connectivity index (χ1n) is 9.37. The van der Waals surface area contributed by atoms with Crippen molar-refractivity contribution in [1.82, 2.24) is 20.8 Å². The number of hydrogen-bond acceptors (Lipinski definition) is 5. The zero-order valence-electron chi connectivity index (χ0n) is 15.9. The summed E-state index contributed by atoms with van der Waals surface area (Å²) >= 11 is 0. The van der Waals surface area contributed by atoms with Crippen LogP contribution >= 0.6 is 0 Å². The molecule has 1 aromatic heterocycles. The highest BCUT2D eigenvalue weighted by Crippen LogP contribution is 2.42. The number of urea groups is 1. The Balaban J connectivity index is 1.38. The van der Waals surface area contributed by atoms with Crippen LogP contribution in [0.2, 0.25) is 0 Å². The predicted molar refractivity (Wildman–Crippen MR) is 104 cm³/mol. The summed E-state index contributed by atoms with van der Waals surface area (Å²) in [7, 11) is 1.62. The molecule has 1 saturated carbocycles. The number of aromatic nitrogens is 2. The van der Waals surface area contributed by atoms with Gasteiger partial charge in [-0.15, -0.1) is 0 Å². The Hall–Kier alpha value is -3.42. The minimum Gasteiger partial charge on any atom is -0.497 e. The molecule has 4 rings (SSSR count). The number of hydrogen-bond donors (Lipinski definition) is 2. The Morgan fingerprint density at radius 1 is 1.24 bits per heavy atom. The fourth-order valence-corrected chi connectivity index (χ4v) is 3.42. The number of nitrogens with zero attached hydrogens (tertiary/aromatic N) is 2. The molecule has 0 atom stereocenters. The van der Waals surface area contributed by atoms with Crippen molar-refractivity contribution in [1.29, 1.82) is 0 Å². The van der Waals surface area contributed by atoms with Gasteiger partial charge in [0.2, 0.25) is 0 Å². The molecule has 3 aromatic rings. The molecule has 0 radical (unpaired) electrons. The van der Waals surface area contributed by atoms with Crippen molar-refractivity contribution in [2.45, 2.75) is 31.3 Å². The molecule has 0 spiro atoms. The molecular weight excluding hydrogens is 375 g/mol. The molecule has 29 heavy (non-hydrogen) atoms. The average Bonchev–Trinajstić information content (AvgIpc) is 3.18. The Morgan fingerprint density at radius 3 is 2.79 bits per heavy atom. The van der Waals surface area contributed by atoms with E-state index in [2.05, 4.69) is 20.8 Å². The summed E-state index contributed by atoms with van der Waals surface area (Å²) in [4.78, 5) is 16.7. The van der Waals surface area contributed by atoms with E-state index in [9.17, 15) is 9.18 Å². The topological polar surface area (TPSA) is 89.3 Å². The Labute approximate surface area is 167 Å². The Bertz CT molecular complexity index is 1020.